The highest BCUT2D eigenvalue weighted by atomic mass is 79.9. The van der Waals surface area contributed by atoms with Gasteiger partial charge >= 0.3 is 0 Å². The molecule has 5 rings (SSSR count). The number of nitrogens with two attached hydrogens (primary N) is 1. The second-order valence-corrected chi connectivity index (χ2v) is 9.28. The Labute approximate surface area is 184 Å². The molecule has 30 heavy (non-hydrogen) atoms. The molecule has 0 aliphatic carbocycles. The Bertz CT molecular complexity index is 1350. The Morgan fingerprint density at radius 1 is 1.33 bits per heavy atom. The maximum Gasteiger partial charge on any atom is 0.257 e. The quantitative estimate of drug-likeness (QED) is 0.451. The molecular weight excluding hydrogens is 469 g/mol. The fourth-order valence-electron chi connectivity index (χ4n) is 3.96. The van der Waals surface area contributed by atoms with E-state index >= 15 is 0 Å². The van der Waals surface area contributed by atoms with Crippen LogP contribution in [-0.4, -0.2) is 38.4 Å². The number of pyridine rings is 1. The lowest BCUT2D eigenvalue weighted by atomic mass is 10.0. The number of benzene rings is 2. The van der Waals surface area contributed by atoms with Gasteiger partial charge in [-0.25, -0.2) is 9.37 Å². The van der Waals surface area contributed by atoms with Crippen molar-refractivity contribution in [2.24, 2.45) is 7.05 Å². The lowest BCUT2D eigenvalue weighted by Gasteiger charge is -2.25. The molecule has 1 amide bonds. The SMILES string of the molecule is CN(C(=O)c1cc2c(cc1F)nc(N)c1cnn(C)c12)[C@@H]1CSc2cc(Br)ccc21. The Morgan fingerprint density at radius 2 is 2.13 bits per heavy atom. The van der Waals surface area contributed by atoms with Crippen molar-refractivity contribution in [2.75, 3.05) is 18.5 Å². The van der Waals surface area contributed by atoms with E-state index in [1.807, 2.05) is 18.2 Å². The Balaban J connectivity index is 1.60. The van der Waals surface area contributed by atoms with E-state index in [4.69, 9.17) is 5.73 Å². The second kappa shape index (κ2) is 6.95. The fraction of sp³-hybridized carbons (Fsp3) is 0.190. The number of hydrogen-bond acceptors (Lipinski definition) is 5. The van der Waals surface area contributed by atoms with Gasteiger partial charge in [-0.2, -0.15) is 5.10 Å². The van der Waals surface area contributed by atoms with E-state index in [2.05, 4.69) is 26.0 Å². The summed E-state index contributed by atoms with van der Waals surface area (Å²) < 4.78 is 17.6. The van der Waals surface area contributed by atoms with Crippen LogP contribution in [0.15, 0.2) is 45.9 Å². The predicted octanol–water partition coefficient (Wildman–Crippen LogP) is 4.52. The second-order valence-electron chi connectivity index (χ2n) is 7.30. The van der Waals surface area contributed by atoms with E-state index in [-0.39, 0.29) is 23.3 Å². The first-order valence-corrected chi connectivity index (χ1v) is 11.0. The van der Waals surface area contributed by atoms with Gasteiger partial charge in [0.2, 0.25) is 0 Å². The third-order valence-corrected chi connectivity index (χ3v) is 7.19. The monoisotopic (exact) mass is 485 g/mol. The van der Waals surface area contributed by atoms with Crippen molar-refractivity contribution >= 4 is 61.2 Å². The summed E-state index contributed by atoms with van der Waals surface area (Å²) in [6, 6.07) is 8.72. The summed E-state index contributed by atoms with van der Waals surface area (Å²) in [5, 5.41) is 5.55. The number of aromatic nitrogens is 3. The summed E-state index contributed by atoms with van der Waals surface area (Å²) in [5.74, 6) is 0.0251. The summed E-state index contributed by atoms with van der Waals surface area (Å²) in [4.78, 5) is 20.3. The first-order chi connectivity index (χ1) is 14.3. The molecule has 0 saturated carbocycles. The number of rotatable bonds is 2. The van der Waals surface area contributed by atoms with Crippen LogP contribution in [0.5, 0.6) is 0 Å². The lowest BCUT2D eigenvalue weighted by molar-refractivity contribution is 0.0741. The lowest BCUT2D eigenvalue weighted by Crippen LogP contribution is -2.32. The van der Waals surface area contributed by atoms with Gasteiger partial charge in [0.1, 0.15) is 11.6 Å². The Morgan fingerprint density at radius 3 is 2.93 bits per heavy atom. The normalized spacial score (nSPS) is 15.7. The van der Waals surface area contributed by atoms with E-state index < -0.39 is 5.82 Å². The van der Waals surface area contributed by atoms with Crippen molar-refractivity contribution < 1.29 is 9.18 Å². The zero-order chi connectivity index (χ0) is 21.2. The van der Waals surface area contributed by atoms with E-state index in [9.17, 15) is 9.18 Å². The molecule has 1 atom stereocenters. The third-order valence-electron chi connectivity index (χ3n) is 5.55. The summed E-state index contributed by atoms with van der Waals surface area (Å²) in [6.07, 6.45) is 1.62. The minimum Gasteiger partial charge on any atom is -0.383 e. The van der Waals surface area contributed by atoms with Crippen LogP contribution >= 0.6 is 27.7 Å². The van der Waals surface area contributed by atoms with Crippen LogP contribution in [0.4, 0.5) is 10.2 Å². The van der Waals surface area contributed by atoms with Gasteiger partial charge in [0, 0.05) is 40.7 Å². The number of fused-ring (bicyclic) bond motifs is 4. The number of halogens is 2. The highest BCUT2D eigenvalue weighted by Gasteiger charge is 2.31. The maximum atomic E-state index is 15.0. The average molecular weight is 486 g/mol. The average Bonchev–Trinajstić information content (AvgIpc) is 3.30. The minimum atomic E-state index is -0.616. The molecule has 0 fully saturated rings. The molecule has 0 radical (unpaired) electrons. The van der Waals surface area contributed by atoms with Crippen LogP contribution in [0, 0.1) is 5.82 Å². The number of nitrogen functional groups attached to an aromatic ring is 1. The van der Waals surface area contributed by atoms with E-state index in [1.54, 1.807) is 47.7 Å². The predicted molar refractivity (Wildman–Crippen MR) is 120 cm³/mol. The number of carbonyl (C=O) groups is 1. The Kier molecular flexibility index (Phi) is 4.48. The molecule has 152 valence electrons. The van der Waals surface area contributed by atoms with Gasteiger partial charge < -0.3 is 10.6 Å². The molecule has 2 N–H and O–H groups in total. The van der Waals surface area contributed by atoms with Gasteiger partial charge in [0.25, 0.3) is 5.91 Å². The summed E-state index contributed by atoms with van der Waals surface area (Å²) in [7, 11) is 3.50. The highest BCUT2D eigenvalue weighted by Crippen LogP contribution is 2.42. The Hall–Kier alpha value is -2.65. The summed E-state index contributed by atoms with van der Waals surface area (Å²) in [6.45, 7) is 0. The molecule has 9 heteroatoms. The minimum absolute atomic E-state index is 0.00892. The topological polar surface area (TPSA) is 77.0 Å². The summed E-state index contributed by atoms with van der Waals surface area (Å²) >= 11 is 5.17. The van der Waals surface area contributed by atoms with Crippen molar-refractivity contribution in [2.45, 2.75) is 10.9 Å². The van der Waals surface area contributed by atoms with E-state index in [0.29, 0.717) is 16.3 Å². The number of amides is 1. The molecule has 0 bridgehead atoms. The van der Waals surface area contributed by atoms with E-state index in [0.717, 1.165) is 26.2 Å². The van der Waals surface area contributed by atoms with Gasteiger partial charge in [-0.1, -0.05) is 22.0 Å². The van der Waals surface area contributed by atoms with Crippen molar-refractivity contribution in [3.63, 3.8) is 0 Å². The molecular formula is C21H17BrFN5OS. The molecule has 1 aliphatic heterocycles. The van der Waals surface area contributed by atoms with Gasteiger partial charge in [-0.05, 0) is 23.8 Å². The molecule has 0 unspecified atom stereocenters. The van der Waals surface area contributed by atoms with E-state index in [1.165, 1.54) is 6.07 Å². The first-order valence-electron chi connectivity index (χ1n) is 9.25. The molecule has 2 aromatic carbocycles. The first kappa shape index (κ1) is 19.3. The molecule has 0 spiro atoms. The maximum absolute atomic E-state index is 15.0. The number of aryl methyl sites for hydroxylation is 1. The molecule has 3 heterocycles. The third kappa shape index (κ3) is 2.87. The van der Waals surface area contributed by atoms with Gasteiger partial charge in [-0.3, -0.25) is 9.48 Å². The number of anilines is 1. The van der Waals surface area contributed by atoms with Crippen LogP contribution in [-0.2, 0) is 7.05 Å². The van der Waals surface area contributed by atoms with Crippen LogP contribution in [0.2, 0.25) is 0 Å². The summed E-state index contributed by atoms with van der Waals surface area (Å²) in [5.41, 5.74) is 8.20. The smallest absolute Gasteiger partial charge is 0.257 e. The molecule has 2 aromatic heterocycles. The van der Waals surface area contributed by atoms with Gasteiger partial charge in [-0.15, -0.1) is 11.8 Å². The van der Waals surface area contributed by atoms with Crippen molar-refractivity contribution in [3.05, 3.63) is 57.9 Å². The number of hydrogen-bond donors (Lipinski definition) is 1. The number of carbonyl (C=O) groups excluding carboxylic acids is 1. The van der Waals surface area contributed by atoms with Crippen LogP contribution in [0.25, 0.3) is 21.8 Å². The molecule has 0 saturated heterocycles. The largest absolute Gasteiger partial charge is 0.383 e. The van der Waals surface area contributed by atoms with Gasteiger partial charge in [0.15, 0.2) is 0 Å². The molecule has 6 nitrogen and oxygen atoms in total. The number of nitrogens with zero attached hydrogens (tertiary/aromatic N) is 4. The molecule has 4 aromatic rings. The van der Waals surface area contributed by atoms with Crippen molar-refractivity contribution in [1.29, 1.82) is 0 Å². The van der Waals surface area contributed by atoms with Gasteiger partial charge in [0.05, 0.1) is 34.2 Å². The standard InChI is InChI=1S/C21H17BrFN5OS/c1-27(17-9-30-18-5-10(22)3-4-11(17)18)21(29)12-6-13-16(7-15(12)23)26-20(24)14-8-25-28(2)19(13)14/h3-8,17H,9H2,1-2H3,(H2,24,26)/t17-/m1/s1. The highest BCUT2D eigenvalue weighted by molar-refractivity contribution is 9.10. The molecule has 1 aliphatic rings. The van der Waals surface area contributed by atoms with Crippen LogP contribution in [0.1, 0.15) is 22.0 Å². The van der Waals surface area contributed by atoms with Crippen LogP contribution in [0.3, 0.4) is 0 Å². The van der Waals surface area contributed by atoms with Crippen LogP contribution < -0.4 is 5.73 Å². The van der Waals surface area contributed by atoms with Crippen molar-refractivity contribution in [1.82, 2.24) is 19.7 Å². The number of thioether (sulfide) groups is 1. The zero-order valence-corrected chi connectivity index (χ0v) is 18.6. The fourth-order valence-corrected chi connectivity index (χ4v) is 5.80. The van der Waals surface area contributed by atoms with Crippen molar-refractivity contribution in [3.8, 4) is 0 Å². The zero-order valence-electron chi connectivity index (χ0n) is 16.2.